The minimum absolute atomic E-state index is 0.246. The van der Waals surface area contributed by atoms with Crippen molar-refractivity contribution in [3.05, 3.63) is 38.9 Å². The quantitative estimate of drug-likeness (QED) is 0.783. The zero-order valence-corrected chi connectivity index (χ0v) is 11.0. The number of hydrogen-bond acceptors (Lipinski definition) is 4. The number of benzene rings is 1. The van der Waals surface area contributed by atoms with Gasteiger partial charge >= 0.3 is 11.1 Å². The molecular formula is C13H12N4O3. The predicted molar refractivity (Wildman–Crippen MR) is 73.3 cm³/mol. The fourth-order valence-corrected chi connectivity index (χ4v) is 1.94. The number of aromatic nitrogens is 2. The zero-order chi connectivity index (χ0) is 14.9. The number of amides is 1. The van der Waals surface area contributed by atoms with E-state index in [0.29, 0.717) is 16.7 Å². The average Bonchev–Trinajstić information content (AvgIpc) is 2.43. The summed E-state index contributed by atoms with van der Waals surface area (Å²) in [6.07, 6.45) is -0.246. The molecule has 1 heterocycles. The standard InChI is InChI=1S/C13H12N4O3/c1-16-9-4-3-8(15-11(18)5-6-14)7-10(9)17(2)13(20)12(16)19/h3-4,7H,5H2,1-2H3,(H,15,18). The molecule has 0 fully saturated rings. The Bertz CT molecular complexity index is 855. The van der Waals surface area contributed by atoms with Crippen LogP contribution in [0.1, 0.15) is 6.42 Å². The summed E-state index contributed by atoms with van der Waals surface area (Å²) in [4.78, 5) is 34.8. The number of carbonyl (C=O) groups is 1. The van der Waals surface area contributed by atoms with Gasteiger partial charge in [-0.3, -0.25) is 14.4 Å². The van der Waals surface area contributed by atoms with E-state index in [-0.39, 0.29) is 6.42 Å². The molecule has 7 heteroatoms. The molecule has 0 radical (unpaired) electrons. The average molecular weight is 272 g/mol. The Kier molecular flexibility index (Phi) is 3.39. The number of nitrogens with one attached hydrogen (secondary N) is 1. The van der Waals surface area contributed by atoms with Gasteiger partial charge in [-0.25, -0.2) is 0 Å². The third-order valence-corrected chi connectivity index (χ3v) is 3.01. The molecular weight excluding hydrogens is 260 g/mol. The number of nitriles is 1. The smallest absolute Gasteiger partial charge is 0.316 e. The first-order chi connectivity index (χ1) is 9.45. The summed E-state index contributed by atoms with van der Waals surface area (Å²) < 4.78 is 2.50. The molecule has 7 nitrogen and oxygen atoms in total. The molecule has 2 rings (SSSR count). The second-order valence-electron chi connectivity index (χ2n) is 4.31. The molecule has 0 aliphatic heterocycles. The van der Waals surface area contributed by atoms with Crippen molar-refractivity contribution in [2.75, 3.05) is 5.32 Å². The Labute approximate surface area is 113 Å². The number of fused-ring (bicyclic) bond motifs is 1. The largest absolute Gasteiger partial charge is 0.325 e. The van der Waals surface area contributed by atoms with Gasteiger partial charge in [-0.2, -0.15) is 5.26 Å². The number of hydrogen-bond donors (Lipinski definition) is 1. The summed E-state index contributed by atoms with van der Waals surface area (Å²) in [5, 5.41) is 11.0. The molecule has 0 saturated heterocycles. The van der Waals surface area contributed by atoms with Gasteiger partial charge in [0.1, 0.15) is 6.42 Å². The number of anilines is 1. The van der Waals surface area contributed by atoms with Gasteiger partial charge in [0.15, 0.2) is 0 Å². The van der Waals surface area contributed by atoms with Crippen LogP contribution in [0.15, 0.2) is 27.8 Å². The highest BCUT2D eigenvalue weighted by Gasteiger charge is 2.09. The minimum atomic E-state index is -0.638. The fourth-order valence-electron chi connectivity index (χ4n) is 1.94. The van der Waals surface area contributed by atoms with E-state index in [1.165, 1.54) is 23.2 Å². The minimum Gasteiger partial charge on any atom is -0.325 e. The molecule has 1 amide bonds. The van der Waals surface area contributed by atoms with Crippen LogP contribution in [-0.4, -0.2) is 15.0 Å². The lowest BCUT2D eigenvalue weighted by molar-refractivity contribution is -0.115. The first kappa shape index (κ1) is 13.5. The lowest BCUT2D eigenvalue weighted by Gasteiger charge is -2.10. The third-order valence-electron chi connectivity index (χ3n) is 3.01. The van der Waals surface area contributed by atoms with Gasteiger partial charge in [0, 0.05) is 19.8 Å². The number of nitrogens with zero attached hydrogens (tertiary/aromatic N) is 3. The molecule has 0 atom stereocenters. The summed E-state index contributed by atoms with van der Waals surface area (Å²) in [6.45, 7) is 0. The van der Waals surface area contributed by atoms with Crippen LogP contribution in [-0.2, 0) is 18.9 Å². The Morgan fingerprint density at radius 2 is 1.80 bits per heavy atom. The molecule has 1 N–H and O–H groups in total. The first-order valence-corrected chi connectivity index (χ1v) is 5.82. The van der Waals surface area contributed by atoms with Crippen LogP contribution < -0.4 is 16.4 Å². The molecule has 1 aromatic carbocycles. The van der Waals surface area contributed by atoms with Crippen molar-refractivity contribution in [1.82, 2.24) is 9.13 Å². The second kappa shape index (κ2) is 5.01. The maximum atomic E-state index is 11.7. The summed E-state index contributed by atoms with van der Waals surface area (Å²) in [5.41, 5.74) is 0.315. The van der Waals surface area contributed by atoms with Crippen LogP contribution in [0.5, 0.6) is 0 Å². The molecule has 0 bridgehead atoms. The van der Waals surface area contributed by atoms with Gasteiger partial charge < -0.3 is 14.5 Å². The van der Waals surface area contributed by atoms with E-state index in [1.54, 1.807) is 24.3 Å². The molecule has 0 spiro atoms. The van der Waals surface area contributed by atoms with E-state index in [2.05, 4.69) is 5.32 Å². The molecule has 2 aromatic rings. The Hall–Kier alpha value is -2.88. The fraction of sp³-hybridized carbons (Fsp3) is 0.231. The highest BCUT2D eigenvalue weighted by molar-refractivity contribution is 5.94. The Balaban J connectivity index is 2.61. The Morgan fingerprint density at radius 3 is 2.40 bits per heavy atom. The van der Waals surface area contributed by atoms with Crippen molar-refractivity contribution >= 4 is 22.6 Å². The van der Waals surface area contributed by atoms with Gasteiger partial charge in [-0.05, 0) is 18.2 Å². The van der Waals surface area contributed by atoms with Crippen LogP contribution in [0.4, 0.5) is 5.69 Å². The topological polar surface area (TPSA) is 96.9 Å². The van der Waals surface area contributed by atoms with Crippen LogP contribution in [0.25, 0.3) is 11.0 Å². The molecule has 0 aliphatic carbocycles. The van der Waals surface area contributed by atoms with Crippen molar-refractivity contribution in [3.63, 3.8) is 0 Å². The third kappa shape index (κ3) is 2.19. The molecule has 20 heavy (non-hydrogen) atoms. The lowest BCUT2D eigenvalue weighted by atomic mass is 10.2. The van der Waals surface area contributed by atoms with Crippen molar-refractivity contribution in [3.8, 4) is 6.07 Å². The van der Waals surface area contributed by atoms with E-state index in [1.807, 2.05) is 0 Å². The summed E-state index contributed by atoms with van der Waals surface area (Å²) in [5.74, 6) is -0.429. The van der Waals surface area contributed by atoms with Crippen LogP contribution >= 0.6 is 0 Å². The zero-order valence-electron chi connectivity index (χ0n) is 11.0. The summed E-state index contributed by atoms with van der Waals surface area (Å²) >= 11 is 0. The lowest BCUT2D eigenvalue weighted by Crippen LogP contribution is -2.39. The van der Waals surface area contributed by atoms with Gasteiger partial charge in [0.05, 0.1) is 17.1 Å². The van der Waals surface area contributed by atoms with Gasteiger partial charge in [-0.1, -0.05) is 0 Å². The molecule has 0 aliphatic rings. The monoisotopic (exact) mass is 272 g/mol. The van der Waals surface area contributed by atoms with Crippen LogP contribution in [0, 0.1) is 11.3 Å². The van der Waals surface area contributed by atoms with Gasteiger partial charge in [-0.15, -0.1) is 0 Å². The van der Waals surface area contributed by atoms with E-state index in [4.69, 9.17) is 5.26 Å². The number of rotatable bonds is 2. The van der Waals surface area contributed by atoms with E-state index < -0.39 is 17.0 Å². The molecule has 102 valence electrons. The van der Waals surface area contributed by atoms with E-state index >= 15 is 0 Å². The van der Waals surface area contributed by atoms with Crippen LogP contribution in [0.3, 0.4) is 0 Å². The molecule has 1 aromatic heterocycles. The maximum absolute atomic E-state index is 11.7. The van der Waals surface area contributed by atoms with Crippen molar-refractivity contribution < 1.29 is 4.79 Å². The summed E-state index contributed by atoms with van der Waals surface area (Å²) in [7, 11) is 3.01. The predicted octanol–water partition coefficient (Wildman–Crippen LogP) is 0.0894. The highest BCUT2D eigenvalue weighted by atomic mass is 16.2. The molecule has 0 saturated carbocycles. The normalized spacial score (nSPS) is 10.2. The van der Waals surface area contributed by atoms with Crippen LogP contribution in [0.2, 0.25) is 0 Å². The van der Waals surface area contributed by atoms with E-state index in [0.717, 1.165) is 0 Å². The number of carbonyl (C=O) groups excluding carboxylic acids is 1. The van der Waals surface area contributed by atoms with Crippen molar-refractivity contribution in [2.45, 2.75) is 6.42 Å². The second-order valence-corrected chi connectivity index (χ2v) is 4.31. The number of aryl methyl sites for hydroxylation is 2. The molecule has 0 unspecified atom stereocenters. The summed E-state index contributed by atoms with van der Waals surface area (Å²) in [6, 6.07) is 6.59. The van der Waals surface area contributed by atoms with Crippen molar-refractivity contribution in [2.24, 2.45) is 14.1 Å². The van der Waals surface area contributed by atoms with E-state index in [9.17, 15) is 14.4 Å². The first-order valence-electron chi connectivity index (χ1n) is 5.82. The van der Waals surface area contributed by atoms with Gasteiger partial charge in [0.25, 0.3) is 0 Å². The SMILES string of the molecule is Cn1c(=O)c(=O)n(C)c2cc(NC(=O)CC#N)ccc21. The van der Waals surface area contributed by atoms with Gasteiger partial charge in [0.2, 0.25) is 5.91 Å². The highest BCUT2D eigenvalue weighted by Crippen LogP contribution is 2.16. The maximum Gasteiger partial charge on any atom is 0.316 e. The Morgan fingerprint density at radius 1 is 1.20 bits per heavy atom. The van der Waals surface area contributed by atoms with Crippen molar-refractivity contribution in [1.29, 1.82) is 5.26 Å².